The summed E-state index contributed by atoms with van der Waals surface area (Å²) in [6.45, 7) is 3.09. The van der Waals surface area contributed by atoms with Crippen molar-refractivity contribution >= 4 is 22.9 Å². The van der Waals surface area contributed by atoms with Crippen LogP contribution < -0.4 is 4.90 Å². The van der Waals surface area contributed by atoms with Gasteiger partial charge in [0.15, 0.2) is 0 Å². The van der Waals surface area contributed by atoms with E-state index in [1.165, 1.54) is 17.0 Å². The minimum Gasteiger partial charge on any atom is -0.368 e. The highest BCUT2D eigenvalue weighted by atomic mass is 32.1. The van der Waals surface area contributed by atoms with Gasteiger partial charge in [0.1, 0.15) is 5.82 Å². The van der Waals surface area contributed by atoms with Gasteiger partial charge >= 0.3 is 0 Å². The summed E-state index contributed by atoms with van der Waals surface area (Å²) in [6.07, 6.45) is 4.23. The van der Waals surface area contributed by atoms with Crippen LogP contribution in [0.3, 0.4) is 0 Å². The molecule has 132 valence electrons. The highest BCUT2D eigenvalue weighted by molar-refractivity contribution is 7.10. The molecule has 1 aliphatic heterocycles. The number of piperazine rings is 1. The van der Waals surface area contributed by atoms with Gasteiger partial charge in [0.05, 0.1) is 5.41 Å². The van der Waals surface area contributed by atoms with E-state index in [-0.39, 0.29) is 11.2 Å². The number of hydrogen-bond donors (Lipinski definition) is 0. The van der Waals surface area contributed by atoms with Crippen LogP contribution in [0.4, 0.5) is 10.1 Å². The number of nitrogens with zero attached hydrogens (tertiary/aromatic N) is 2. The fourth-order valence-corrected chi connectivity index (χ4v) is 5.20. The summed E-state index contributed by atoms with van der Waals surface area (Å²) in [4.78, 5) is 18.9. The lowest BCUT2D eigenvalue weighted by atomic mass is 9.82. The molecule has 0 N–H and O–H groups in total. The Hall–Kier alpha value is -1.88. The SMILES string of the molecule is O=C(N1CCN(c2ccc(F)cc2)CC1)C1(c2cccs2)CCCC1. The number of thiophene rings is 1. The molecule has 0 unspecified atom stereocenters. The predicted octanol–water partition coefficient (Wildman–Crippen LogP) is 4.05. The third-order valence-electron chi connectivity index (χ3n) is 5.62. The number of rotatable bonds is 3. The molecule has 2 aromatic rings. The van der Waals surface area contributed by atoms with Crippen molar-refractivity contribution in [1.82, 2.24) is 4.90 Å². The number of carbonyl (C=O) groups is 1. The first kappa shape index (κ1) is 16.6. The van der Waals surface area contributed by atoms with Gasteiger partial charge in [-0.3, -0.25) is 4.79 Å². The third-order valence-corrected chi connectivity index (χ3v) is 6.69. The number of carbonyl (C=O) groups excluding carboxylic acids is 1. The van der Waals surface area contributed by atoms with Crippen molar-refractivity contribution in [2.45, 2.75) is 31.1 Å². The number of amides is 1. The fourth-order valence-electron chi connectivity index (χ4n) is 4.22. The average Bonchev–Trinajstić information content (AvgIpc) is 3.34. The van der Waals surface area contributed by atoms with Crippen molar-refractivity contribution in [3.63, 3.8) is 0 Å². The van der Waals surface area contributed by atoms with Gasteiger partial charge in [0.25, 0.3) is 0 Å². The Morgan fingerprint density at radius 1 is 1.00 bits per heavy atom. The lowest BCUT2D eigenvalue weighted by molar-refractivity contribution is -0.137. The van der Waals surface area contributed by atoms with E-state index in [1.54, 1.807) is 11.3 Å². The summed E-state index contributed by atoms with van der Waals surface area (Å²) >= 11 is 1.72. The lowest BCUT2D eigenvalue weighted by Gasteiger charge is -2.40. The summed E-state index contributed by atoms with van der Waals surface area (Å²) in [5, 5.41) is 2.08. The van der Waals surface area contributed by atoms with Crippen LogP contribution in [0.15, 0.2) is 41.8 Å². The van der Waals surface area contributed by atoms with E-state index in [9.17, 15) is 9.18 Å². The van der Waals surface area contributed by atoms with Crippen LogP contribution in [0, 0.1) is 5.82 Å². The molecule has 1 saturated carbocycles. The molecule has 5 heteroatoms. The third kappa shape index (κ3) is 3.06. The molecular formula is C20H23FN2OS. The topological polar surface area (TPSA) is 23.6 Å². The molecule has 4 rings (SSSR count). The second-order valence-electron chi connectivity index (χ2n) is 7.02. The molecule has 1 aromatic carbocycles. The van der Waals surface area contributed by atoms with E-state index in [0.717, 1.165) is 57.5 Å². The molecule has 0 bridgehead atoms. The van der Waals surface area contributed by atoms with Gasteiger partial charge < -0.3 is 9.80 Å². The minimum atomic E-state index is -0.286. The second kappa shape index (κ2) is 6.79. The Morgan fingerprint density at radius 3 is 2.28 bits per heavy atom. The molecule has 3 nitrogen and oxygen atoms in total. The molecule has 25 heavy (non-hydrogen) atoms. The number of benzene rings is 1. The number of halogens is 1. The van der Waals surface area contributed by atoms with Gasteiger partial charge in [0, 0.05) is 36.7 Å². The molecule has 2 aliphatic rings. The zero-order valence-electron chi connectivity index (χ0n) is 14.3. The highest BCUT2D eigenvalue weighted by Gasteiger charge is 2.46. The Bertz CT molecular complexity index is 715. The summed E-state index contributed by atoms with van der Waals surface area (Å²) in [6, 6.07) is 10.8. The first-order valence-electron chi connectivity index (χ1n) is 9.03. The first-order valence-corrected chi connectivity index (χ1v) is 9.91. The van der Waals surface area contributed by atoms with Crippen LogP contribution >= 0.6 is 11.3 Å². The van der Waals surface area contributed by atoms with Crippen molar-refractivity contribution in [2.75, 3.05) is 31.1 Å². The zero-order valence-corrected chi connectivity index (χ0v) is 15.1. The zero-order chi connectivity index (χ0) is 17.3. The Morgan fingerprint density at radius 2 is 1.68 bits per heavy atom. The Kier molecular flexibility index (Phi) is 4.50. The normalized spacial score (nSPS) is 20.0. The largest absolute Gasteiger partial charge is 0.368 e. The van der Waals surface area contributed by atoms with Gasteiger partial charge in [-0.2, -0.15) is 0 Å². The maximum atomic E-state index is 13.4. The van der Waals surface area contributed by atoms with E-state index < -0.39 is 0 Å². The molecular weight excluding hydrogens is 335 g/mol. The van der Waals surface area contributed by atoms with Crippen LogP contribution in [0.5, 0.6) is 0 Å². The van der Waals surface area contributed by atoms with Crippen molar-refractivity contribution in [3.8, 4) is 0 Å². The predicted molar refractivity (Wildman–Crippen MR) is 99.7 cm³/mol. The molecule has 2 heterocycles. The maximum absolute atomic E-state index is 13.4. The molecule has 0 atom stereocenters. The lowest BCUT2D eigenvalue weighted by Crippen LogP contribution is -2.54. The molecule has 1 amide bonds. The van der Waals surface area contributed by atoms with Crippen molar-refractivity contribution in [2.24, 2.45) is 0 Å². The van der Waals surface area contributed by atoms with E-state index in [1.807, 2.05) is 17.0 Å². The van der Waals surface area contributed by atoms with Gasteiger partial charge in [-0.15, -0.1) is 11.3 Å². The van der Waals surface area contributed by atoms with Gasteiger partial charge in [-0.1, -0.05) is 18.9 Å². The van der Waals surface area contributed by atoms with Gasteiger partial charge in [-0.25, -0.2) is 4.39 Å². The van der Waals surface area contributed by atoms with Crippen molar-refractivity contribution in [1.29, 1.82) is 0 Å². The van der Waals surface area contributed by atoms with Gasteiger partial charge in [0.2, 0.25) is 5.91 Å². The van der Waals surface area contributed by atoms with Crippen LogP contribution in [-0.2, 0) is 10.2 Å². The van der Waals surface area contributed by atoms with Crippen LogP contribution in [0.2, 0.25) is 0 Å². The van der Waals surface area contributed by atoms with Crippen LogP contribution in [0.1, 0.15) is 30.6 Å². The monoisotopic (exact) mass is 358 g/mol. The fraction of sp³-hybridized carbons (Fsp3) is 0.450. The summed E-state index contributed by atoms with van der Waals surface area (Å²) in [5.41, 5.74) is 0.744. The quantitative estimate of drug-likeness (QED) is 0.826. The number of anilines is 1. The second-order valence-corrected chi connectivity index (χ2v) is 7.97. The smallest absolute Gasteiger partial charge is 0.234 e. The standard InChI is InChI=1S/C20H23FN2OS/c21-16-5-7-17(8-6-16)22-11-13-23(14-12-22)19(24)20(9-1-2-10-20)18-4-3-15-25-18/h3-8,15H,1-2,9-14H2. The Labute approximate surface area is 152 Å². The molecule has 0 radical (unpaired) electrons. The Balaban J connectivity index is 1.46. The minimum absolute atomic E-state index is 0.211. The van der Waals surface area contributed by atoms with Crippen molar-refractivity contribution < 1.29 is 9.18 Å². The van der Waals surface area contributed by atoms with E-state index in [2.05, 4.69) is 22.4 Å². The van der Waals surface area contributed by atoms with Gasteiger partial charge in [-0.05, 0) is 48.6 Å². The molecule has 2 fully saturated rings. The number of hydrogen-bond acceptors (Lipinski definition) is 3. The first-order chi connectivity index (χ1) is 12.2. The van der Waals surface area contributed by atoms with E-state index >= 15 is 0 Å². The molecule has 1 saturated heterocycles. The van der Waals surface area contributed by atoms with Crippen molar-refractivity contribution in [3.05, 3.63) is 52.5 Å². The highest BCUT2D eigenvalue weighted by Crippen LogP contribution is 2.44. The maximum Gasteiger partial charge on any atom is 0.234 e. The van der Waals surface area contributed by atoms with E-state index in [4.69, 9.17) is 0 Å². The van der Waals surface area contributed by atoms with Crippen LogP contribution in [-0.4, -0.2) is 37.0 Å². The summed E-state index contributed by atoms with van der Waals surface area (Å²) in [7, 11) is 0. The average molecular weight is 358 g/mol. The summed E-state index contributed by atoms with van der Waals surface area (Å²) < 4.78 is 13.1. The molecule has 0 spiro atoms. The van der Waals surface area contributed by atoms with E-state index in [0.29, 0.717) is 5.91 Å². The van der Waals surface area contributed by atoms with Crippen LogP contribution in [0.25, 0.3) is 0 Å². The summed E-state index contributed by atoms with van der Waals surface area (Å²) in [5.74, 6) is 0.0999. The molecule has 1 aromatic heterocycles. The molecule has 1 aliphatic carbocycles.